The molecule has 0 spiro atoms. The van der Waals surface area contributed by atoms with Crippen molar-refractivity contribution in [3.8, 4) is 0 Å². The molecule has 2 aliphatic carbocycles. The van der Waals surface area contributed by atoms with Crippen LogP contribution in [0.15, 0.2) is 36.4 Å². The van der Waals surface area contributed by atoms with Crippen LogP contribution >= 0.6 is 34.8 Å². The lowest BCUT2D eigenvalue weighted by Crippen LogP contribution is -2.49. The number of benzene rings is 2. The SMILES string of the molecule is O=C(NC1(C(=O)NCCC2CC2)CC1)c1ccc(C(F)=CC(c2cc(Cl)c(Cl)c(Cl)c2)C(F)(F)F)cc1C(F)(F)F. The summed E-state index contributed by atoms with van der Waals surface area (Å²) in [7, 11) is 0. The fourth-order valence-corrected chi connectivity index (χ4v) is 4.90. The predicted octanol–water partition coefficient (Wildman–Crippen LogP) is 8.50. The van der Waals surface area contributed by atoms with E-state index in [4.69, 9.17) is 34.8 Å². The number of amides is 2. The molecule has 2 fully saturated rings. The van der Waals surface area contributed by atoms with Crippen molar-refractivity contribution >= 4 is 52.4 Å². The van der Waals surface area contributed by atoms with Crippen LogP contribution in [0, 0.1) is 5.92 Å². The van der Waals surface area contributed by atoms with Crippen LogP contribution in [-0.2, 0) is 11.0 Å². The van der Waals surface area contributed by atoms with Gasteiger partial charge in [-0.05, 0) is 61.1 Å². The minimum Gasteiger partial charge on any atom is -0.354 e. The van der Waals surface area contributed by atoms with E-state index >= 15 is 4.39 Å². The summed E-state index contributed by atoms with van der Waals surface area (Å²) in [6, 6.07) is 3.29. The highest BCUT2D eigenvalue weighted by Gasteiger charge is 2.52. The molecule has 222 valence electrons. The van der Waals surface area contributed by atoms with Crippen molar-refractivity contribution in [2.45, 2.75) is 55.9 Å². The summed E-state index contributed by atoms with van der Waals surface area (Å²) in [6.45, 7) is 0.378. The Morgan fingerprint density at radius 2 is 1.61 bits per heavy atom. The van der Waals surface area contributed by atoms with E-state index in [0.29, 0.717) is 18.5 Å². The van der Waals surface area contributed by atoms with Crippen LogP contribution in [0.4, 0.5) is 30.7 Å². The van der Waals surface area contributed by atoms with E-state index in [2.05, 4.69) is 10.6 Å². The topological polar surface area (TPSA) is 58.2 Å². The molecular weight excluding hydrogens is 624 g/mol. The standard InChI is InChI=1S/C27H22Cl3F7N2O2/c28-19-10-15(11-20(29)22(19)30)17(26(32,33)34)12-21(31)14-3-4-16(18(9-14)27(35,36)37)23(40)39-25(6-7-25)24(41)38-8-5-13-1-2-13/h3-4,9-13,17H,1-2,5-8H2,(H,38,41)(H,39,40). The number of hydrogen-bond donors (Lipinski definition) is 2. The highest BCUT2D eigenvalue weighted by Crippen LogP contribution is 2.43. The third kappa shape index (κ3) is 7.48. The average molecular weight is 646 g/mol. The summed E-state index contributed by atoms with van der Waals surface area (Å²) in [4.78, 5) is 25.4. The normalized spacial score (nSPS) is 17.7. The summed E-state index contributed by atoms with van der Waals surface area (Å²) < 4.78 is 98.4. The van der Waals surface area contributed by atoms with Crippen LogP contribution in [0.1, 0.15) is 65.1 Å². The first-order chi connectivity index (χ1) is 19.0. The maximum absolute atomic E-state index is 15.1. The lowest BCUT2D eigenvalue weighted by Gasteiger charge is -2.20. The van der Waals surface area contributed by atoms with Crippen LogP contribution in [0.5, 0.6) is 0 Å². The largest absolute Gasteiger partial charge is 0.417 e. The highest BCUT2D eigenvalue weighted by atomic mass is 35.5. The van der Waals surface area contributed by atoms with Crippen molar-refractivity contribution in [3.05, 3.63) is 73.7 Å². The van der Waals surface area contributed by atoms with E-state index in [-0.39, 0.29) is 40.1 Å². The molecular formula is C27H22Cl3F7N2O2. The summed E-state index contributed by atoms with van der Waals surface area (Å²) in [5.41, 5.74) is -5.29. The van der Waals surface area contributed by atoms with Gasteiger partial charge in [0.25, 0.3) is 5.91 Å². The van der Waals surface area contributed by atoms with Gasteiger partial charge in [-0.3, -0.25) is 9.59 Å². The van der Waals surface area contributed by atoms with Crippen molar-refractivity contribution in [2.75, 3.05) is 6.54 Å². The van der Waals surface area contributed by atoms with Crippen molar-refractivity contribution < 1.29 is 40.3 Å². The Balaban J connectivity index is 1.60. The number of hydrogen-bond acceptors (Lipinski definition) is 2. The van der Waals surface area contributed by atoms with Gasteiger partial charge in [0.2, 0.25) is 5.91 Å². The van der Waals surface area contributed by atoms with Gasteiger partial charge in [-0.2, -0.15) is 26.3 Å². The lowest BCUT2D eigenvalue weighted by atomic mass is 9.95. The Morgan fingerprint density at radius 3 is 2.12 bits per heavy atom. The molecule has 2 saturated carbocycles. The van der Waals surface area contributed by atoms with Crippen LogP contribution < -0.4 is 10.6 Å². The van der Waals surface area contributed by atoms with Gasteiger partial charge in [-0.1, -0.05) is 53.7 Å². The average Bonchev–Trinajstić information content (AvgIpc) is 3.81. The van der Waals surface area contributed by atoms with Crippen molar-refractivity contribution in [2.24, 2.45) is 5.92 Å². The van der Waals surface area contributed by atoms with Crippen LogP contribution in [-0.4, -0.2) is 30.1 Å². The van der Waals surface area contributed by atoms with Gasteiger partial charge in [-0.15, -0.1) is 0 Å². The highest BCUT2D eigenvalue weighted by molar-refractivity contribution is 6.48. The molecule has 0 heterocycles. The second-order valence-electron chi connectivity index (χ2n) is 10.1. The molecule has 0 bridgehead atoms. The Bertz CT molecular complexity index is 1360. The summed E-state index contributed by atoms with van der Waals surface area (Å²) >= 11 is 17.4. The van der Waals surface area contributed by atoms with Crippen LogP contribution in [0.2, 0.25) is 15.1 Å². The minimum absolute atomic E-state index is 0.0797. The third-order valence-electron chi connectivity index (χ3n) is 6.95. The number of allylic oxidation sites excluding steroid dienone is 1. The van der Waals surface area contributed by atoms with Gasteiger partial charge in [0.1, 0.15) is 17.3 Å². The number of nitrogens with one attached hydrogen (secondary N) is 2. The van der Waals surface area contributed by atoms with E-state index in [1.807, 2.05) is 0 Å². The van der Waals surface area contributed by atoms with Gasteiger partial charge in [0.05, 0.1) is 26.2 Å². The third-order valence-corrected chi connectivity index (χ3v) is 8.15. The van der Waals surface area contributed by atoms with Crippen molar-refractivity contribution in [1.29, 1.82) is 0 Å². The number of carbonyl (C=O) groups excluding carboxylic acids is 2. The van der Waals surface area contributed by atoms with Crippen molar-refractivity contribution in [3.63, 3.8) is 0 Å². The van der Waals surface area contributed by atoms with Crippen LogP contribution in [0.25, 0.3) is 5.83 Å². The van der Waals surface area contributed by atoms with Gasteiger partial charge in [-0.25, -0.2) is 4.39 Å². The second-order valence-corrected chi connectivity index (χ2v) is 11.3. The molecule has 2 N–H and O–H groups in total. The Hall–Kier alpha value is -2.50. The van der Waals surface area contributed by atoms with E-state index in [0.717, 1.165) is 37.5 Å². The zero-order chi connectivity index (χ0) is 30.3. The van der Waals surface area contributed by atoms with Gasteiger partial charge in [0.15, 0.2) is 0 Å². The van der Waals surface area contributed by atoms with Crippen LogP contribution in [0.3, 0.4) is 0 Å². The Labute approximate surface area is 245 Å². The fourth-order valence-electron chi connectivity index (χ4n) is 4.29. The molecule has 2 aromatic carbocycles. The zero-order valence-corrected chi connectivity index (χ0v) is 23.2. The molecule has 0 aromatic heterocycles. The molecule has 2 amide bonds. The molecule has 2 aliphatic rings. The molecule has 4 rings (SSSR count). The summed E-state index contributed by atoms with van der Waals surface area (Å²) in [5, 5.41) is 4.13. The zero-order valence-electron chi connectivity index (χ0n) is 21.0. The first-order valence-corrected chi connectivity index (χ1v) is 13.6. The summed E-state index contributed by atoms with van der Waals surface area (Å²) in [5.74, 6) is -5.47. The number of halogens is 10. The number of alkyl halides is 6. The maximum Gasteiger partial charge on any atom is 0.417 e. The van der Waals surface area contributed by atoms with E-state index < -0.39 is 63.7 Å². The minimum atomic E-state index is -5.17. The maximum atomic E-state index is 15.1. The first kappa shape index (κ1) is 31.4. The molecule has 0 aliphatic heterocycles. The molecule has 0 saturated heterocycles. The monoisotopic (exact) mass is 644 g/mol. The molecule has 41 heavy (non-hydrogen) atoms. The van der Waals surface area contributed by atoms with Gasteiger partial charge >= 0.3 is 12.4 Å². The first-order valence-electron chi connectivity index (χ1n) is 12.4. The molecule has 0 radical (unpaired) electrons. The van der Waals surface area contributed by atoms with E-state index in [1.54, 1.807) is 0 Å². The number of rotatable bonds is 9. The fraction of sp³-hybridized carbons (Fsp3) is 0.407. The summed E-state index contributed by atoms with van der Waals surface area (Å²) in [6.07, 6.45) is -6.81. The van der Waals surface area contributed by atoms with Crippen molar-refractivity contribution in [1.82, 2.24) is 10.6 Å². The molecule has 1 atom stereocenters. The Morgan fingerprint density at radius 1 is 1.00 bits per heavy atom. The molecule has 1 unspecified atom stereocenters. The molecule has 4 nitrogen and oxygen atoms in total. The predicted molar refractivity (Wildman–Crippen MR) is 141 cm³/mol. The van der Waals surface area contributed by atoms with E-state index in [1.165, 1.54) is 0 Å². The molecule has 2 aromatic rings. The second kappa shape index (κ2) is 11.6. The van der Waals surface area contributed by atoms with Gasteiger partial charge < -0.3 is 10.6 Å². The Kier molecular flexibility index (Phi) is 8.93. The quantitative estimate of drug-likeness (QED) is 0.212. The number of carbonyl (C=O) groups is 2. The lowest BCUT2D eigenvalue weighted by molar-refractivity contribution is -0.140. The van der Waals surface area contributed by atoms with E-state index in [9.17, 15) is 35.9 Å². The smallest absolute Gasteiger partial charge is 0.354 e. The molecule has 14 heteroatoms. The van der Waals surface area contributed by atoms with Gasteiger partial charge in [0, 0.05) is 12.1 Å².